The molecule has 9 nitrogen and oxygen atoms in total. The highest BCUT2D eigenvalue weighted by Gasteiger charge is 2.47. The Bertz CT molecular complexity index is 1480. The third-order valence-corrected chi connectivity index (χ3v) is 10.2. The number of benzene rings is 2. The molecule has 2 heterocycles. The van der Waals surface area contributed by atoms with Gasteiger partial charge >= 0.3 is 0 Å². The average Bonchev–Trinajstić information content (AvgIpc) is 3.57. The van der Waals surface area contributed by atoms with Crippen LogP contribution in [0.5, 0.6) is 0 Å². The van der Waals surface area contributed by atoms with E-state index in [4.69, 9.17) is 5.11 Å². The summed E-state index contributed by atoms with van der Waals surface area (Å²) in [6.07, 6.45) is 3.98. The number of nitrogens with one attached hydrogen (secondary N) is 2. The first-order valence-electron chi connectivity index (χ1n) is 14.1. The van der Waals surface area contributed by atoms with Crippen LogP contribution in [0.25, 0.3) is 0 Å². The number of sulfonamides is 1. The van der Waals surface area contributed by atoms with Crippen molar-refractivity contribution in [3.05, 3.63) is 53.1 Å². The number of halogens is 2. The van der Waals surface area contributed by atoms with Crippen LogP contribution in [0.4, 0.5) is 25.8 Å². The largest absolute Gasteiger partial charge is 0.395 e. The van der Waals surface area contributed by atoms with Gasteiger partial charge in [0.1, 0.15) is 0 Å². The fourth-order valence-electron chi connectivity index (χ4n) is 6.39. The lowest BCUT2D eigenvalue weighted by atomic mass is 9.81. The maximum absolute atomic E-state index is 13.7. The van der Waals surface area contributed by atoms with Gasteiger partial charge in [0, 0.05) is 39.0 Å². The molecule has 2 saturated carbocycles. The van der Waals surface area contributed by atoms with Gasteiger partial charge in [0.25, 0.3) is 11.8 Å². The molecule has 2 amide bonds. The molecule has 2 aromatic carbocycles. The van der Waals surface area contributed by atoms with Crippen LogP contribution < -0.4 is 14.9 Å². The molecule has 2 aliphatic heterocycles. The van der Waals surface area contributed by atoms with Crippen LogP contribution in [0.3, 0.4) is 0 Å². The van der Waals surface area contributed by atoms with Gasteiger partial charge in [-0.2, -0.15) is 0 Å². The van der Waals surface area contributed by atoms with E-state index >= 15 is 0 Å². The number of hydrogen-bond donors (Lipinski definition) is 3. The van der Waals surface area contributed by atoms with E-state index in [1.165, 1.54) is 18.9 Å². The summed E-state index contributed by atoms with van der Waals surface area (Å²) < 4.78 is 53.7. The van der Waals surface area contributed by atoms with Crippen molar-refractivity contribution in [2.75, 3.05) is 46.9 Å². The number of anilines is 3. The number of carbonyl (C=O) groups excluding carboxylic acids is 2. The zero-order valence-corrected chi connectivity index (χ0v) is 23.5. The number of hydrogen-bond acceptors (Lipinski definition) is 6. The highest BCUT2D eigenvalue weighted by molar-refractivity contribution is 7.92. The number of aliphatic hydroxyl groups excluding tert-OH is 1. The highest BCUT2D eigenvalue weighted by Crippen LogP contribution is 2.54. The van der Waals surface area contributed by atoms with Crippen molar-refractivity contribution in [2.24, 2.45) is 11.3 Å². The first-order valence-corrected chi connectivity index (χ1v) is 15.7. The number of carbonyl (C=O) groups is 2. The maximum atomic E-state index is 13.7. The maximum Gasteiger partial charge on any atom is 0.257 e. The van der Waals surface area contributed by atoms with E-state index in [0.29, 0.717) is 40.1 Å². The minimum Gasteiger partial charge on any atom is -0.395 e. The topological polar surface area (TPSA) is 119 Å². The number of aliphatic hydroxyl groups is 1. The van der Waals surface area contributed by atoms with Crippen molar-refractivity contribution >= 4 is 38.9 Å². The molecule has 41 heavy (non-hydrogen) atoms. The van der Waals surface area contributed by atoms with E-state index < -0.39 is 34.2 Å². The number of rotatable bonds is 9. The summed E-state index contributed by atoms with van der Waals surface area (Å²) in [7, 11) is -3.76. The predicted molar refractivity (Wildman–Crippen MR) is 151 cm³/mol. The minimum atomic E-state index is -3.76. The van der Waals surface area contributed by atoms with E-state index in [1.807, 2.05) is 0 Å². The van der Waals surface area contributed by atoms with Gasteiger partial charge in [0.2, 0.25) is 15.9 Å². The molecular weight excluding hydrogens is 554 g/mol. The molecular formula is C29H34F2N4O5S. The molecule has 3 fully saturated rings. The van der Waals surface area contributed by atoms with Gasteiger partial charge in [-0.3, -0.25) is 14.3 Å². The van der Waals surface area contributed by atoms with Gasteiger partial charge in [-0.15, -0.1) is 0 Å². The molecule has 0 bridgehead atoms. The molecule has 2 aromatic rings. The third kappa shape index (κ3) is 5.76. The Morgan fingerprint density at radius 1 is 1.07 bits per heavy atom. The van der Waals surface area contributed by atoms with Gasteiger partial charge in [0.05, 0.1) is 40.5 Å². The second-order valence-corrected chi connectivity index (χ2v) is 13.8. The van der Waals surface area contributed by atoms with Crippen LogP contribution in [-0.2, 0) is 16.6 Å². The van der Waals surface area contributed by atoms with E-state index in [2.05, 4.69) is 14.9 Å². The molecule has 4 aliphatic rings. The summed E-state index contributed by atoms with van der Waals surface area (Å²) in [5.74, 6) is -4.06. The van der Waals surface area contributed by atoms with Crippen molar-refractivity contribution in [2.45, 2.75) is 51.0 Å². The predicted octanol–water partition coefficient (Wildman–Crippen LogP) is 4.05. The van der Waals surface area contributed by atoms with Crippen molar-refractivity contribution in [1.82, 2.24) is 4.90 Å². The third-order valence-electron chi connectivity index (χ3n) is 8.91. The van der Waals surface area contributed by atoms with Crippen LogP contribution in [0.15, 0.2) is 36.4 Å². The Morgan fingerprint density at radius 2 is 1.80 bits per heavy atom. The highest BCUT2D eigenvalue weighted by atomic mass is 32.2. The molecule has 6 rings (SSSR count). The van der Waals surface area contributed by atoms with E-state index in [9.17, 15) is 26.8 Å². The fourth-order valence-corrected chi connectivity index (χ4v) is 7.21. The smallest absolute Gasteiger partial charge is 0.257 e. The van der Waals surface area contributed by atoms with Crippen LogP contribution >= 0.6 is 0 Å². The molecule has 0 unspecified atom stereocenters. The van der Waals surface area contributed by atoms with E-state index in [0.717, 1.165) is 31.5 Å². The molecule has 12 heteroatoms. The summed E-state index contributed by atoms with van der Waals surface area (Å²) in [5, 5.41) is 12.0. The summed E-state index contributed by atoms with van der Waals surface area (Å²) >= 11 is 0. The Labute approximate surface area is 237 Å². The number of nitrogens with zero attached hydrogens (tertiary/aromatic N) is 2. The van der Waals surface area contributed by atoms with Crippen LogP contribution in [0.1, 0.15) is 64.8 Å². The summed E-state index contributed by atoms with van der Waals surface area (Å²) in [5.41, 5.74) is 3.09. The average molecular weight is 589 g/mol. The van der Waals surface area contributed by atoms with Crippen molar-refractivity contribution in [3.8, 4) is 0 Å². The second kappa shape index (κ2) is 10.2. The van der Waals surface area contributed by atoms with Crippen LogP contribution in [0, 0.1) is 11.3 Å². The number of alkyl halides is 2. The van der Waals surface area contributed by atoms with Gasteiger partial charge in [-0.25, -0.2) is 17.2 Å². The molecule has 1 saturated heterocycles. The lowest BCUT2D eigenvalue weighted by molar-refractivity contribution is -0.114. The number of amides is 2. The molecule has 1 spiro atoms. The molecule has 3 N–H and O–H groups in total. The van der Waals surface area contributed by atoms with Gasteiger partial charge in [-0.05, 0) is 66.8 Å². The molecule has 2 aliphatic carbocycles. The van der Waals surface area contributed by atoms with E-state index in [1.54, 1.807) is 35.2 Å². The monoisotopic (exact) mass is 588 g/mol. The Balaban J connectivity index is 1.24. The molecule has 0 aromatic heterocycles. The summed E-state index contributed by atoms with van der Waals surface area (Å²) in [4.78, 5) is 30.6. The lowest BCUT2D eigenvalue weighted by Crippen LogP contribution is -2.42. The van der Waals surface area contributed by atoms with E-state index in [-0.39, 0.29) is 31.2 Å². The van der Waals surface area contributed by atoms with Gasteiger partial charge < -0.3 is 20.2 Å². The zero-order valence-electron chi connectivity index (χ0n) is 22.7. The van der Waals surface area contributed by atoms with Gasteiger partial charge in [-0.1, -0.05) is 12.1 Å². The van der Waals surface area contributed by atoms with Crippen molar-refractivity contribution in [3.63, 3.8) is 0 Å². The van der Waals surface area contributed by atoms with Crippen LogP contribution in [-0.4, -0.2) is 68.2 Å². The number of fused-ring (bicyclic) bond motifs is 1. The molecule has 0 atom stereocenters. The quantitative estimate of drug-likeness (QED) is 0.407. The van der Waals surface area contributed by atoms with Crippen LogP contribution in [0.2, 0.25) is 0 Å². The second-order valence-electron chi connectivity index (χ2n) is 12.0. The SMILES string of the molecule is O=C(Nc1cccc2c1C(=O)N(CC1CC(F)(F)C1)C2)c1ccc(NS(=O)(=O)CCO)cc1N1CCC2(CC1)CC2. The standard InChI is InChI=1S/C29H34F2N4O5S/c30-29(31)15-19(16-29)17-35-18-20-2-1-3-23(25(20)27(35)38)32-26(37)22-5-4-21(33-41(39,40)13-12-36)14-24(22)34-10-8-28(6-7-28)9-11-34/h1-5,14,19,33,36H,6-13,15-18H2,(H,32,37). The zero-order chi connectivity index (χ0) is 29.0. The first-order chi connectivity index (χ1) is 19.5. The minimum absolute atomic E-state index is 0.219. The normalized spacial score (nSPS) is 21.0. The van der Waals surface area contributed by atoms with Gasteiger partial charge in [0.15, 0.2) is 0 Å². The van der Waals surface area contributed by atoms with Crippen molar-refractivity contribution < 1.29 is 31.9 Å². The summed E-state index contributed by atoms with van der Waals surface area (Å²) in [6, 6.07) is 9.93. The molecule has 220 valence electrons. The Hall–Kier alpha value is -3.25. The Kier molecular flexibility index (Phi) is 6.96. The van der Waals surface area contributed by atoms with Crippen molar-refractivity contribution in [1.29, 1.82) is 0 Å². The Morgan fingerprint density at radius 3 is 2.46 bits per heavy atom. The number of piperidine rings is 1. The lowest BCUT2D eigenvalue weighted by Gasteiger charge is -2.37. The first kappa shape index (κ1) is 27.9. The molecule has 0 radical (unpaired) electrons. The fraction of sp³-hybridized carbons (Fsp3) is 0.517. The summed E-state index contributed by atoms with van der Waals surface area (Å²) in [6.45, 7) is 1.53.